The van der Waals surface area contributed by atoms with Crippen LogP contribution in [0.25, 0.3) is 0 Å². The molecular weight excluding hydrogens is 458 g/mol. The predicted molar refractivity (Wildman–Crippen MR) is 129 cm³/mol. The molecular formula is C24H31N3O6S. The van der Waals surface area contributed by atoms with Crippen molar-refractivity contribution in [1.29, 1.82) is 0 Å². The Balaban J connectivity index is 1.73. The molecule has 0 saturated heterocycles. The van der Waals surface area contributed by atoms with Gasteiger partial charge in [-0.3, -0.25) is 13.9 Å². The molecule has 34 heavy (non-hydrogen) atoms. The Bertz CT molecular complexity index is 1110. The summed E-state index contributed by atoms with van der Waals surface area (Å²) in [5, 5.41) is 2.63. The Morgan fingerprint density at radius 1 is 1.09 bits per heavy atom. The Hall–Kier alpha value is -3.27. The number of carbonyl (C=O) groups is 2. The fraction of sp³-hybridized carbons (Fsp3) is 0.417. The van der Waals surface area contributed by atoms with E-state index in [2.05, 4.69) is 5.32 Å². The third-order valence-electron chi connectivity index (χ3n) is 5.62. The van der Waals surface area contributed by atoms with Crippen LogP contribution in [0.15, 0.2) is 48.5 Å². The average molecular weight is 490 g/mol. The fourth-order valence-corrected chi connectivity index (χ4v) is 4.87. The predicted octanol–water partition coefficient (Wildman–Crippen LogP) is 2.51. The lowest BCUT2D eigenvalue weighted by atomic mass is 10.1. The first-order chi connectivity index (χ1) is 16.2. The maximum atomic E-state index is 13.2. The summed E-state index contributed by atoms with van der Waals surface area (Å²) in [6.07, 6.45) is 1.97. The number of amides is 2. The minimum absolute atomic E-state index is 0.0906. The van der Waals surface area contributed by atoms with Gasteiger partial charge in [0, 0.05) is 32.6 Å². The van der Waals surface area contributed by atoms with E-state index < -0.39 is 16.1 Å². The number of hydrogen-bond acceptors (Lipinski definition) is 6. The number of nitrogens with zero attached hydrogens (tertiary/aromatic N) is 2. The molecule has 1 N–H and O–H groups in total. The Kier molecular flexibility index (Phi) is 8.38. The van der Waals surface area contributed by atoms with E-state index in [1.54, 1.807) is 30.1 Å². The fourth-order valence-electron chi connectivity index (χ4n) is 3.91. The van der Waals surface area contributed by atoms with Crippen LogP contribution in [0.1, 0.15) is 31.7 Å². The smallest absolute Gasteiger partial charge is 0.242 e. The van der Waals surface area contributed by atoms with Crippen molar-refractivity contribution in [3.8, 4) is 11.5 Å². The highest BCUT2D eigenvalue weighted by molar-refractivity contribution is 7.92. The monoisotopic (exact) mass is 489 g/mol. The minimum atomic E-state index is -3.59. The van der Waals surface area contributed by atoms with E-state index in [0.29, 0.717) is 30.2 Å². The number of hydrogen-bond donors (Lipinski definition) is 1. The van der Waals surface area contributed by atoms with E-state index in [-0.39, 0.29) is 38.0 Å². The summed E-state index contributed by atoms with van der Waals surface area (Å²) < 4.78 is 36.8. The second kappa shape index (κ2) is 11.2. The molecule has 0 saturated carbocycles. The highest BCUT2D eigenvalue weighted by Gasteiger charge is 2.28. The van der Waals surface area contributed by atoms with Crippen LogP contribution in [0.2, 0.25) is 0 Å². The Morgan fingerprint density at radius 3 is 2.44 bits per heavy atom. The average Bonchev–Trinajstić information content (AvgIpc) is 3.29. The quantitative estimate of drug-likeness (QED) is 0.520. The Morgan fingerprint density at radius 2 is 1.79 bits per heavy atom. The first-order valence-corrected chi connectivity index (χ1v) is 13.0. The van der Waals surface area contributed by atoms with Crippen molar-refractivity contribution in [2.45, 2.75) is 38.8 Å². The molecule has 3 rings (SSSR count). The normalized spacial score (nSPS) is 13.3. The molecule has 0 aliphatic carbocycles. The van der Waals surface area contributed by atoms with Crippen molar-refractivity contribution in [3.63, 3.8) is 0 Å². The van der Waals surface area contributed by atoms with E-state index in [9.17, 15) is 18.0 Å². The number of anilines is 1. The van der Waals surface area contributed by atoms with Gasteiger partial charge in [0.15, 0.2) is 11.5 Å². The summed E-state index contributed by atoms with van der Waals surface area (Å²) in [6.45, 7) is 2.35. The van der Waals surface area contributed by atoms with Gasteiger partial charge in [0.05, 0.1) is 11.9 Å². The first kappa shape index (κ1) is 25.4. The highest BCUT2D eigenvalue weighted by Crippen LogP contribution is 2.36. The van der Waals surface area contributed by atoms with Gasteiger partial charge in [-0.1, -0.05) is 37.3 Å². The third-order valence-corrected chi connectivity index (χ3v) is 6.82. The number of sulfonamides is 1. The lowest BCUT2D eigenvalue weighted by Crippen LogP contribution is -2.48. The van der Waals surface area contributed by atoms with Crippen molar-refractivity contribution >= 4 is 27.5 Å². The first-order valence-electron chi connectivity index (χ1n) is 11.2. The second-order valence-electron chi connectivity index (χ2n) is 8.02. The second-order valence-corrected chi connectivity index (χ2v) is 9.93. The number of rotatable bonds is 11. The molecule has 2 aromatic carbocycles. The zero-order valence-electron chi connectivity index (χ0n) is 19.7. The standard InChI is InChI=1S/C24H31N3O6S/c1-4-20(24(29)25-2)26(16-18-9-6-5-7-10-18)23(28)11-8-14-27(34(3,30)31)19-12-13-21-22(15-19)33-17-32-21/h5-7,9-10,12-13,15,20H,4,8,11,14,16-17H2,1-3H3,(H,25,29)/t20-/m0/s1. The Labute approximate surface area is 200 Å². The van der Waals surface area contributed by atoms with E-state index in [1.807, 2.05) is 37.3 Å². The van der Waals surface area contributed by atoms with Gasteiger partial charge in [-0.05, 0) is 30.5 Å². The summed E-state index contributed by atoms with van der Waals surface area (Å²) in [5.41, 5.74) is 1.36. The van der Waals surface area contributed by atoms with Crippen molar-refractivity contribution in [1.82, 2.24) is 10.2 Å². The summed E-state index contributed by atoms with van der Waals surface area (Å²) in [4.78, 5) is 27.3. The van der Waals surface area contributed by atoms with E-state index in [0.717, 1.165) is 11.8 Å². The van der Waals surface area contributed by atoms with Crippen LogP contribution in [0, 0.1) is 0 Å². The number of benzene rings is 2. The minimum Gasteiger partial charge on any atom is -0.454 e. The third kappa shape index (κ3) is 6.19. The van der Waals surface area contributed by atoms with Crippen molar-refractivity contribution in [2.24, 2.45) is 0 Å². The molecule has 184 valence electrons. The number of nitrogens with one attached hydrogen (secondary N) is 1. The molecule has 0 fully saturated rings. The maximum absolute atomic E-state index is 13.2. The molecule has 1 aliphatic heterocycles. The van der Waals surface area contributed by atoms with Crippen LogP contribution < -0.4 is 19.1 Å². The van der Waals surface area contributed by atoms with Gasteiger partial charge in [0.2, 0.25) is 28.6 Å². The molecule has 0 bridgehead atoms. The lowest BCUT2D eigenvalue weighted by Gasteiger charge is -2.30. The van der Waals surface area contributed by atoms with Gasteiger partial charge in [-0.15, -0.1) is 0 Å². The lowest BCUT2D eigenvalue weighted by molar-refractivity contribution is -0.141. The molecule has 0 spiro atoms. The van der Waals surface area contributed by atoms with Crippen LogP contribution in [0.4, 0.5) is 5.69 Å². The zero-order valence-corrected chi connectivity index (χ0v) is 20.5. The maximum Gasteiger partial charge on any atom is 0.242 e. The molecule has 9 nitrogen and oxygen atoms in total. The molecule has 0 aromatic heterocycles. The van der Waals surface area contributed by atoms with E-state index in [4.69, 9.17) is 9.47 Å². The van der Waals surface area contributed by atoms with Gasteiger partial charge in [-0.2, -0.15) is 0 Å². The summed E-state index contributed by atoms with van der Waals surface area (Å²) in [5.74, 6) is 0.597. The van der Waals surface area contributed by atoms with Gasteiger partial charge in [0.25, 0.3) is 0 Å². The van der Waals surface area contributed by atoms with Crippen LogP contribution in [0.5, 0.6) is 11.5 Å². The SMILES string of the molecule is CC[C@@H](C(=O)NC)N(Cc1ccccc1)C(=O)CCCN(c1ccc2c(c1)OCO2)S(C)(=O)=O. The molecule has 2 amide bonds. The molecule has 2 aromatic rings. The van der Waals surface area contributed by atoms with Gasteiger partial charge in [-0.25, -0.2) is 8.42 Å². The van der Waals surface area contributed by atoms with Gasteiger partial charge >= 0.3 is 0 Å². The number of fused-ring (bicyclic) bond motifs is 1. The summed E-state index contributed by atoms with van der Waals surface area (Å²) >= 11 is 0. The van der Waals surface area contributed by atoms with Crippen LogP contribution in [-0.4, -0.2) is 57.8 Å². The van der Waals surface area contributed by atoms with Gasteiger partial charge in [0.1, 0.15) is 6.04 Å². The molecule has 0 unspecified atom stereocenters. The number of ether oxygens (including phenoxy) is 2. The largest absolute Gasteiger partial charge is 0.454 e. The number of carbonyl (C=O) groups excluding carboxylic acids is 2. The van der Waals surface area contributed by atoms with E-state index >= 15 is 0 Å². The van der Waals surface area contributed by atoms with E-state index in [1.165, 1.54) is 4.31 Å². The zero-order chi connectivity index (χ0) is 24.7. The molecule has 1 atom stereocenters. The van der Waals surface area contributed by atoms with Crippen LogP contribution in [-0.2, 0) is 26.2 Å². The van der Waals surface area contributed by atoms with Gasteiger partial charge < -0.3 is 19.7 Å². The van der Waals surface area contributed by atoms with Crippen LogP contribution in [0.3, 0.4) is 0 Å². The van der Waals surface area contributed by atoms with Crippen molar-refractivity contribution < 1.29 is 27.5 Å². The van der Waals surface area contributed by atoms with Crippen LogP contribution >= 0.6 is 0 Å². The van der Waals surface area contributed by atoms with Crippen molar-refractivity contribution in [3.05, 3.63) is 54.1 Å². The molecule has 10 heteroatoms. The molecule has 0 radical (unpaired) electrons. The molecule has 1 aliphatic rings. The molecule has 1 heterocycles. The number of likely N-dealkylation sites (N-methyl/N-ethyl adjacent to an activating group) is 1. The van der Waals surface area contributed by atoms with Crippen molar-refractivity contribution in [2.75, 3.05) is 30.9 Å². The highest BCUT2D eigenvalue weighted by atomic mass is 32.2. The topological polar surface area (TPSA) is 105 Å². The summed E-state index contributed by atoms with van der Waals surface area (Å²) in [6, 6.07) is 13.8. The summed E-state index contributed by atoms with van der Waals surface area (Å²) in [7, 11) is -2.05.